The topological polar surface area (TPSA) is 202 Å². The number of carbonyl (C=O) groups excluding carboxylic acids is 2. The van der Waals surface area contributed by atoms with Crippen LogP contribution in [0.25, 0.3) is 0 Å². The van der Waals surface area contributed by atoms with Crippen molar-refractivity contribution in [2.45, 2.75) is 35.2 Å². The van der Waals surface area contributed by atoms with Gasteiger partial charge in [-0.05, 0) is 17.2 Å². The van der Waals surface area contributed by atoms with Gasteiger partial charge in [0, 0.05) is 24.5 Å². The minimum Gasteiger partial charge on any atom is -0.477 e. The molecule has 0 aromatic carbocycles. The van der Waals surface area contributed by atoms with Crippen LogP contribution in [0.1, 0.15) is 13.3 Å². The summed E-state index contributed by atoms with van der Waals surface area (Å²) in [5.74, 6) is -2.46. The molecular weight excluding hydrogens is 484 g/mol. The highest BCUT2D eigenvalue weighted by Crippen LogP contribution is 2.45. The lowest BCUT2D eigenvalue weighted by molar-refractivity contribution is -0.156. The molecule has 17 heteroatoms. The number of fused-ring (bicyclic) bond motifs is 1. The van der Waals surface area contributed by atoms with Crippen LogP contribution in [0.15, 0.2) is 16.4 Å². The normalized spacial score (nSPS) is 21.4. The third kappa shape index (κ3) is 4.87. The number of aromatic amines is 1. The number of H-pyrrole nitrogens is 1. The number of nitrogens with zero attached hydrogens (tertiary/aromatic N) is 6. The van der Waals surface area contributed by atoms with Gasteiger partial charge in [0.05, 0.1) is 6.26 Å². The lowest BCUT2D eigenvalue weighted by atomic mass is 9.99. The van der Waals surface area contributed by atoms with Gasteiger partial charge in [-0.25, -0.2) is 22.8 Å². The Bertz CT molecular complexity index is 1100. The molecule has 1 fully saturated rings. The minimum absolute atomic E-state index is 0.0158. The van der Waals surface area contributed by atoms with E-state index in [-0.39, 0.29) is 29.6 Å². The summed E-state index contributed by atoms with van der Waals surface area (Å²) >= 11 is 2.30. The quantitative estimate of drug-likeness (QED) is 0.154. The highest BCUT2D eigenvalue weighted by molar-refractivity contribution is 8.01. The summed E-state index contributed by atoms with van der Waals surface area (Å²) in [5, 5.41) is 31.5. The SMILES string of the molecule is CC(=O)N(C#N)[C@@H]1C(=O)N2C(C(=O)O)=C(C(CCNS(C)(=O)=O)Sc3nn[nH]n3)CS[C@@H]12. The Hall–Kier alpha value is -2.68. The monoisotopic (exact) mass is 502 g/mol. The molecule has 3 atom stereocenters. The smallest absolute Gasteiger partial charge is 0.352 e. The number of hydrogen-bond donors (Lipinski definition) is 3. The van der Waals surface area contributed by atoms with E-state index in [4.69, 9.17) is 0 Å². The molecule has 1 aromatic rings. The summed E-state index contributed by atoms with van der Waals surface area (Å²) in [6.07, 6.45) is 2.87. The van der Waals surface area contributed by atoms with Gasteiger partial charge in [-0.3, -0.25) is 14.5 Å². The van der Waals surface area contributed by atoms with Crippen molar-refractivity contribution in [3.63, 3.8) is 0 Å². The fourth-order valence-corrected chi connectivity index (χ4v) is 6.38. The number of carboxylic acid groups (broad SMARTS) is 1. The van der Waals surface area contributed by atoms with E-state index in [0.717, 1.165) is 34.7 Å². The van der Waals surface area contributed by atoms with Crippen LogP contribution < -0.4 is 4.72 Å². The highest BCUT2D eigenvalue weighted by Gasteiger charge is 2.57. The number of rotatable bonds is 9. The van der Waals surface area contributed by atoms with E-state index >= 15 is 0 Å². The number of aromatic nitrogens is 4. The Morgan fingerprint density at radius 1 is 1.53 bits per heavy atom. The molecule has 2 aliphatic rings. The molecule has 3 rings (SSSR count). The maximum atomic E-state index is 12.8. The van der Waals surface area contributed by atoms with Gasteiger partial charge in [0.2, 0.25) is 21.1 Å². The van der Waals surface area contributed by atoms with Crippen LogP contribution in [0, 0.1) is 11.5 Å². The molecule has 0 radical (unpaired) electrons. The second-order valence-electron chi connectivity index (χ2n) is 6.78. The zero-order chi connectivity index (χ0) is 23.6. The number of thioether (sulfide) groups is 2. The van der Waals surface area contributed by atoms with Crippen molar-refractivity contribution < 1.29 is 27.9 Å². The molecule has 0 bridgehead atoms. The van der Waals surface area contributed by atoms with E-state index in [2.05, 4.69) is 25.3 Å². The predicted octanol–water partition coefficient (Wildman–Crippen LogP) is -1.45. The third-order valence-electron chi connectivity index (χ3n) is 4.63. The van der Waals surface area contributed by atoms with E-state index in [1.54, 1.807) is 6.19 Å². The van der Waals surface area contributed by atoms with Gasteiger partial charge < -0.3 is 5.11 Å². The molecule has 3 heterocycles. The third-order valence-corrected chi connectivity index (χ3v) is 7.84. The van der Waals surface area contributed by atoms with E-state index < -0.39 is 44.5 Å². The Kier molecular flexibility index (Phi) is 7.07. The molecule has 1 unspecified atom stereocenters. The number of amides is 2. The first-order valence-electron chi connectivity index (χ1n) is 9.00. The first-order chi connectivity index (χ1) is 15.0. The van der Waals surface area contributed by atoms with Crippen LogP contribution in [-0.2, 0) is 24.4 Å². The molecule has 32 heavy (non-hydrogen) atoms. The minimum atomic E-state index is -3.47. The zero-order valence-electron chi connectivity index (χ0n) is 16.7. The van der Waals surface area contributed by atoms with E-state index in [1.807, 2.05) is 0 Å². The number of aliphatic carboxylic acids is 1. The van der Waals surface area contributed by atoms with Crippen molar-refractivity contribution in [3.8, 4) is 6.19 Å². The summed E-state index contributed by atoms with van der Waals surface area (Å²) < 4.78 is 25.2. The molecule has 1 saturated heterocycles. The van der Waals surface area contributed by atoms with Gasteiger partial charge in [-0.1, -0.05) is 11.8 Å². The van der Waals surface area contributed by atoms with Gasteiger partial charge in [0.25, 0.3) is 5.91 Å². The number of β-lactam (4-membered cyclic amide) rings is 1. The standard InChI is InChI=1S/C15H18N8O6S3/c1-7(24)22(6-16)11-12(25)23-10(14(26)27)8(5-30-13(11)23)9(3-4-17-32(2,28)29)31-15-18-20-21-19-15/h9,11,13,17H,3-5H2,1-2H3,(H,26,27)(H,18,19,20,21)/t9?,11-,13+/m1/s1. The average Bonchev–Trinajstić information content (AvgIpc) is 3.21. The fourth-order valence-electron chi connectivity index (χ4n) is 3.31. The number of carboxylic acids is 1. The second-order valence-corrected chi connectivity index (χ2v) is 10.9. The first kappa shape index (κ1) is 24.0. The summed E-state index contributed by atoms with van der Waals surface area (Å²) in [4.78, 5) is 38.4. The van der Waals surface area contributed by atoms with Crippen molar-refractivity contribution in [2.24, 2.45) is 0 Å². The van der Waals surface area contributed by atoms with Gasteiger partial charge in [0.1, 0.15) is 11.1 Å². The Morgan fingerprint density at radius 3 is 2.78 bits per heavy atom. The van der Waals surface area contributed by atoms with Crippen LogP contribution >= 0.6 is 23.5 Å². The number of nitriles is 1. The Labute approximate surface area is 190 Å². The van der Waals surface area contributed by atoms with E-state index in [1.165, 1.54) is 11.8 Å². The first-order valence-corrected chi connectivity index (χ1v) is 12.8. The van der Waals surface area contributed by atoms with Crippen LogP contribution in [0.4, 0.5) is 0 Å². The van der Waals surface area contributed by atoms with E-state index in [0.29, 0.717) is 5.57 Å². The number of tetrazole rings is 1. The van der Waals surface area contributed by atoms with Gasteiger partial charge in [-0.15, -0.1) is 22.0 Å². The number of nitrogens with one attached hydrogen (secondary N) is 2. The van der Waals surface area contributed by atoms with Crippen LogP contribution in [0.2, 0.25) is 0 Å². The molecule has 1 aromatic heterocycles. The van der Waals surface area contributed by atoms with Gasteiger partial charge in [-0.2, -0.15) is 10.5 Å². The molecule has 3 N–H and O–H groups in total. The molecule has 2 aliphatic heterocycles. The average molecular weight is 503 g/mol. The molecule has 2 amide bonds. The molecular formula is C15H18N8O6S3. The lowest BCUT2D eigenvalue weighted by Crippen LogP contribution is -2.70. The molecule has 0 saturated carbocycles. The second kappa shape index (κ2) is 9.44. The zero-order valence-corrected chi connectivity index (χ0v) is 19.2. The van der Waals surface area contributed by atoms with Crippen LogP contribution in [0.5, 0.6) is 0 Å². The van der Waals surface area contributed by atoms with Gasteiger partial charge in [0.15, 0.2) is 12.2 Å². The molecule has 0 aliphatic carbocycles. The number of hydrogen-bond acceptors (Lipinski definition) is 11. The van der Waals surface area contributed by atoms with E-state index in [9.17, 15) is 33.2 Å². The maximum absolute atomic E-state index is 12.8. The summed E-state index contributed by atoms with van der Waals surface area (Å²) in [7, 11) is -3.47. The molecule has 14 nitrogen and oxygen atoms in total. The van der Waals surface area contributed by atoms with Crippen molar-refractivity contribution in [1.82, 2.24) is 35.1 Å². The Morgan fingerprint density at radius 2 is 2.25 bits per heavy atom. The maximum Gasteiger partial charge on any atom is 0.352 e. The highest BCUT2D eigenvalue weighted by atomic mass is 32.2. The van der Waals surface area contributed by atoms with Gasteiger partial charge >= 0.3 is 5.97 Å². The molecule has 172 valence electrons. The largest absolute Gasteiger partial charge is 0.477 e. The Balaban J connectivity index is 1.93. The number of sulfonamides is 1. The number of carbonyl (C=O) groups is 3. The van der Waals surface area contributed by atoms with Crippen molar-refractivity contribution in [2.75, 3.05) is 18.6 Å². The summed E-state index contributed by atoms with van der Waals surface area (Å²) in [5.41, 5.74) is 0.124. The van der Waals surface area contributed by atoms with Crippen molar-refractivity contribution in [1.29, 1.82) is 5.26 Å². The fraction of sp³-hybridized carbons (Fsp3) is 0.533. The van der Waals surface area contributed by atoms with Crippen LogP contribution in [0.3, 0.4) is 0 Å². The predicted molar refractivity (Wildman–Crippen MR) is 111 cm³/mol. The lowest BCUT2D eigenvalue weighted by Gasteiger charge is -2.51. The van der Waals surface area contributed by atoms with Crippen molar-refractivity contribution >= 4 is 51.3 Å². The summed E-state index contributed by atoms with van der Waals surface area (Å²) in [6.45, 7) is 1.17. The van der Waals surface area contributed by atoms with Crippen LogP contribution in [-0.4, -0.2) is 97.0 Å². The van der Waals surface area contributed by atoms with Crippen molar-refractivity contribution in [3.05, 3.63) is 11.3 Å². The summed E-state index contributed by atoms with van der Waals surface area (Å²) in [6, 6.07) is -1.08. The molecule has 0 spiro atoms.